The molecule has 1 saturated carbocycles. The summed E-state index contributed by atoms with van der Waals surface area (Å²) in [5.41, 5.74) is 0. The number of piperazine rings is 1. The summed E-state index contributed by atoms with van der Waals surface area (Å²) in [5.74, 6) is 2.02. The minimum Gasteiger partial charge on any atom is -0.314 e. The van der Waals surface area contributed by atoms with E-state index in [1.165, 1.54) is 12.8 Å². The van der Waals surface area contributed by atoms with Gasteiger partial charge in [-0.05, 0) is 32.6 Å². The van der Waals surface area contributed by atoms with Crippen molar-refractivity contribution in [1.82, 2.24) is 25.0 Å². The third-order valence-corrected chi connectivity index (χ3v) is 4.05. The van der Waals surface area contributed by atoms with Crippen LogP contribution in [0.2, 0.25) is 0 Å². The molecule has 1 aliphatic carbocycles. The summed E-state index contributed by atoms with van der Waals surface area (Å²) in [6, 6.07) is 1.10. The Morgan fingerprint density at radius 1 is 1.44 bits per heavy atom. The van der Waals surface area contributed by atoms with Crippen LogP contribution in [0.3, 0.4) is 0 Å². The molecule has 1 N–H and O–H groups in total. The van der Waals surface area contributed by atoms with Crippen LogP contribution in [-0.4, -0.2) is 45.3 Å². The molecule has 0 bridgehead atoms. The average molecular weight is 249 g/mol. The largest absolute Gasteiger partial charge is 0.314 e. The van der Waals surface area contributed by atoms with E-state index in [-0.39, 0.29) is 0 Å². The lowest BCUT2D eigenvalue weighted by Gasteiger charge is -2.36. The molecule has 3 rings (SSSR count). The molecule has 5 heteroatoms. The highest BCUT2D eigenvalue weighted by Gasteiger charge is 2.36. The molecule has 5 nitrogen and oxygen atoms in total. The Morgan fingerprint density at radius 3 is 3.00 bits per heavy atom. The summed E-state index contributed by atoms with van der Waals surface area (Å²) in [7, 11) is 0. The van der Waals surface area contributed by atoms with Crippen LogP contribution in [0, 0.1) is 5.92 Å². The van der Waals surface area contributed by atoms with Gasteiger partial charge in [-0.25, -0.2) is 9.67 Å². The average Bonchev–Trinajstić information content (AvgIpc) is 3.09. The maximum absolute atomic E-state index is 4.44. The smallest absolute Gasteiger partial charge is 0.141 e. The highest BCUT2D eigenvalue weighted by molar-refractivity contribution is 4.95. The number of aromatic nitrogens is 3. The topological polar surface area (TPSA) is 46.0 Å². The minimum absolute atomic E-state index is 0.393. The third-order valence-electron chi connectivity index (χ3n) is 4.05. The zero-order valence-electron chi connectivity index (χ0n) is 11.3. The van der Waals surface area contributed by atoms with Crippen LogP contribution in [0.4, 0.5) is 0 Å². The lowest BCUT2D eigenvalue weighted by molar-refractivity contribution is 0.129. The van der Waals surface area contributed by atoms with E-state index in [1.807, 2.05) is 4.68 Å². The summed E-state index contributed by atoms with van der Waals surface area (Å²) >= 11 is 0. The van der Waals surface area contributed by atoms with Gasteiger partial charge in [-0.3, -0.25) is 4.90 Å². The van der Waals surface area contributed by atoms with Gasteiger partial charge in [-0.15, -0.1) is 0 Å². The lowest BCUT2D eigenvalue weighted by Crippen LogP contribution is -2.52. The fraction of sp³-hybridized carbons (Fsp3) is 0.846. The van der Waals surface area contributed by atoms with E-state index in [0.717, 1.165) is 37.9 Å². The predicted molar refractivity (Wildman–Crippen MR) is 70.2 cm³/mol. The van der Waals surface area contributed by atoms with Gasteiger partial charge in [0.1, 0.15) is 12.2 Å². The molecule has 2 heterocycles. The first-order valence-electron chi connectivity index (χ1n) is 7.09. The van der Waals surface area contributed by atoms with Gasteiger partial charge in [0.15, 0.2) is 0 Å². The fourth-order valence-electron chi connectivity index (χ4n) is 2.91. The van der Waals surface area contributed by atoms with Crippen LogP contribution in [-0.2, 0) is 6.54 Å². The van der Waals surface area contributed by atoms with Gasteiger partial charge in [-0.1, -0.05) is 0 Å². The second-order valence-corrected chi connectivity index (χ2v) is 5.79. The van der Waals surface area contributed by atoms with Gasteiger partial charge in [-0.2, -0.15) is 5.10 Å². The number of hydrogen-bond donors (Lipinski definition) is 1. The van der Waals surface area contributed by atoms with Gasteiger partial charge in [0, 0.05) is 31.7 Å². The maximum Gasteiger partial charge on any atom is 0.141 e. The van der Waals surface area contributed by atoms with E-state index in [2.05, 4.69) is 34.1 Å². The number of nitrogens with zero attached hydrogens (tertiary/aromatic N) is 4. The van der Waals surface area contributed by atoms with Gasteiger partial charge < -0.3 is 5.32 Å². The fourth-order valence-corrected chi connectivity index (χ4v) is 2.91. The minimum atomic E-state index is 0.393. The zero-order chi connectivity index (χ0) is 12.5. The second kappa shape index (κ2) is 4.97. The van der Waals surface area contributed by atoms with Crippen molar-refractivity contribution in [2.75, 3.05) is 19.6 Å². The maximum atomic E-state index is 4.44. The number of nitrogens with one attached hydrogen (secondary N) is 1. The van der Waals surface area contributed by atoms with Crippen LogP contribution < -0.4 is 5.32 Å². The molecule has 1 unspecified atom stereocenters. The van der Waals surface area contributed by atoms with E-state index in [0.29, 0.717) is 12.1 Å². The molecule has 2 fully saturated rings. The first-order chi connectivity index (χ1) is 8.75. The molecule has 1 atom stereocenters. The van der Waals surface area contributed by atoms with E-state index in [1.54, 1.807) is 6.33 Å². The molecule has 18 heavy (non-hydrogen) atoms. The molecule has 1 saturated heterocycles. The van der Waals surface area contributed by atoms with Crippen molar-refractivity contribution >= 4 is 0 Å². The molecule has 2 aliphatic rings. The van der Waals surface area contributed by atoms with E-state index < -0.39 is 0 Å². The van der Waals surface area contributed by atoms with Crippen molar-refractivity contribution in [3.05, 3.63) is 12.2 Å². The van der Waals surface area contributed by atoms with Crippen molar-refractivity contribution in [3.63, 3.8) is 0 Å². The molecule has 0 radical (unpaired) electrons. The molecule has 0 spiro atoms. The van der Waals surface area contributed by atoms with Gasteiger partial charge in [0.25, 0.3) is 0 Å². The Bertz CT molecular complexity index is 396. The van der Waals surface area contributed by atoms with Crippen LogP contribution >= 0.6 is 0 Å². The van der Waals surface area contributed by atoms with Crippen LogP contribution in [0.5, 0.6) is 0 Å². The highest BCUT2D eigenvalue weighted by Crippen LogP contribution is 2.36. The van der Waals surface area contributed by atoms with E-state index in [4.69, 9.17) is 0 Å². The lowest BCUT2D eigenvalue weighted by atomic mass is 10.1. The number of hydrogen-bond acceptors (Lipinski definition) is 4. The molecule has 0 aromatic carbocycles. The zero-order valence-corrected chi connectivity index (χ0v) is 11.3. The molecule has 1 aromatic rings. The van der Waals surface area contributed by atoms with Crippen LogP contribution in [0.25, 0.3) is 0 Å². The van der Waals surface area contributed by atoms with Gasteiger partial charge in [0.2, 0.25) is 0 Å². The Morgan fingerprint density at radius 2 is 2.28 bits per heavy atom. The molecular weight excluding hydrogens is 226 g/mol. The summed E-state index contributed by atoms with van der Waals surface area (Å²) < 4.78 is 2.05. The quantitative estimate of drug-likeness (QED) is 0.866. The molecule has 1 aromatic heterocycles. The molecule has 100 valence electrons. The van der Waals surface area contributed by atoms with Crippen molar-refractivity contribution in [2.45, 2.75) is 45.3 Å². The summed E-state index contributed by atoms with van der Waals surface area (Å²) in [6.45, 7) is 8.63. The Hall–Kier alpha value is -0.940. The van der Waals surface area contributed by atoms with Gasteiger partial charge in [0.05, 0.1) is 6.54 Å². The van der Waals surface area contributed by atoms with Crippen LogP contribution in [0.15, 0.2) is 6.33 Å². The predicted octanol–water partition coefficient (Wildman–Crippen LogP) is 1.04. The summed E-state index contributed by atoms with van der Waals surface area (Å²) in [4.78, 5) is 7.03. The van der Waals surface area contributed by atoms with Gasteiger partial charge >= 0.3 is 0 Å². The molecule has 0 amide bonds. The summed E-state index contributed by atoms with van der Waals surface area (Å²) in [6.07, 6.45) is 4.49. The molecular formula is C13H23N5. The van der Waals surface area contributed by atoms with Crippen molar-refractivity contribution in [3.8, 4) is 0 Å². The normalized spacial score (nSPS) is 25.8. The highest BCUT2D eigenvalue weighted by atomic mass is 15.4. The molecule has 1 aliphatic heterocycles. The number of rotatable bonds is 4. The van der Waals surface area contributed by atoms with E-state index >= 15 is 0 Å². The van der Waals surface area contributed by atoms with Crippen molar-refractivity contribution in [2.24, 2.45) is 5.92 Å². The monoisotopic (exact) mass is 249 g/mol. The summed E-state index contributed by atoms with van der Waals surface area (Å²) in [5, 5.41) is 7.85. The standard InChI is InChI=1S/C13H23N5/c1-10(2)18-13(15-9-16-18)8-17-6-5-14-7-12(17)11-3-4-11/h9-12,14H,3-8H2,1-2H3. The Kier molecular flexibility index (Phi) is 3.35. The second-order valence-electron chi connectivity index (χ2n) is 5.79. The first kappa shape index (κ1) is 12.1. The Labute approximate surface area is 109 Å². The first-order valence-corrected chi connectivity index (χ1v) is 7.09. The third kappa shape index (κ3) is 2.42. The van der Waals surface area contributed by atoms with Crippen molar-refractivity contribution in [1.29, 1.82) is 0 Å². The SMILES string of the molecule is CC(C)n1ncnc1CN1CCNCC1C1CC1. The van der Waals surface area contributed by atoms with Crippen molar-refractivity contribution < 1.29 is 0 Å². The van der Waals surface area contributed by atoms with Crippen LogP contribution in [0.1, 0.15) is 38.6 Å². The Balaban J connectivity index is 1.71. The van der Waals surface area contributed by atoms with E-state index in [9.17, 15) is 0 Å².